The van der Waals surface area contributed by atoms with E-state index in [-0.39, 0.29) is 10.3 Å². The van der Waals surface area contributed by atoms with Crippen LogP contribution < -0.4 is 4.74 Å². The first kappa shape index (κ1) is 13.8. The van der Waals surface area contributed by atoms with Crippen LogP contribution in [0.4, 0.5) is 4.39 Å². The third-order valence-electron chi connectivity index (χ3n) is 2.55. The van der Waals surface area contributed by atoms with Crippen molar-refractivity contribution in [3.05, 3.63) is 46.0 Å². The van der Waals surface area contributed by atoms with Gasteiger partial charge in [-0.3, -0.25) is 4.79 Å². The van der Waals surface area contributed by atoms with Crippen LogP contribution in [0.1, 0.15) is 10.4 Å². The summed E-state index contributed by atoms with van der Waals surface area (Å²) in [5.74, 6) is -0.387. The Morgan fingerprint density at radius 2 is 2.00 bits per heavy atom. The highest BCUT2D eigenvalue weighted by molar-refractivity contribution is 6.34. The number of methoxy groups -OCH3 is 1. The average molecular weight is 300 g/mol. The first-order valence-corrected chi connectivity index (χ1v) is 5.98. The molecule has 0 amide bonds. The van der Waals surface area contributed by atoms with Crippen LogP contribution >= 0.6 is 23.2 Å². The number of para-hydroxylation sites is 1. The minimum Gasteiger partial charge on any atom is -0.495 e. The van der Waals surface area contributed by atoms with E-state index in [4.69, 9.17) is 27.9 Å². The number of halogens is 3. The molecule has 0 atom stereocenters. The van der Waals surface area contributed by atoms with E-state index in [0.29, 0.717) is 28.7 Å². The van der Waals surface area contributed by atoms with Crippen molar-refractivity contribution in [1.82, 2.24) is 4.98 Å². The Hall–Kier alpha value is -1.65. The van der Waals surface area contributed by atoms with Gasteiger partial charge in [-0.15, -0.1) is 0 Å². The second-order valence-electron chi connectivity index (χ2n) is 3.65. The van der Waals surface area contributed by atoms with Crippen LogP contribution in [0.15, 0.2) is 24.3 Å². The van der Waals surface area contributed by atoms with E-state index in [0.717, 1.165) is 6.07 Å². The Morgan fingerprint density at radius 3 is 2.63 bits per heavy atom. The van der Waals surface area contributed by atoms with Crippen LogP contribution in [-0.2, 0) is 0 Å². The van der Waals surface area contributed by atoms with E-state index in [2.05, 4.69) is 4.98 Å². The number of carbonyl (C=O) groups is 1. The Kier molecular flexibility index (Phi) is 4.02. The van der Waals surface area contributed by atoms with Crippen molar-refractivity contribution in [2.75, 3.05) is 7.11 Å². The highest BCUT2D eigenvalue weighted by atomic mass is 35.5. The fourth-order valence-electron chi connectivity index (χ4n) is 1.72. The quantitative estimate of drug-likeness (QED) is 0.635. The fraction of sp³-hybridized carbons (Fsp3) is 0.0769. The molecule has 1 aromatic carbocycles. The number of rotatable bonds is 3. The zero-order valence-corrected chi connectivity index (χ0v) is 11.3. The van der Waals surface area contributed by atoms with E-state index < -0.39 is 5.82 Å². The van der Waals surface area contributed by atoms with Gasteiger partial charge in [0.1, 0.15) is 10.9 Å². The van der Waals surface area contributed by atoms with Crippen molar-refractivity contribution in [2.45, 2.75) is 0 Å². The van der Waals surface area contributed by atoms with Crippen LogP contribution in [0, 0.1) is 5.82 Å². The third-order valence-corrected chi connectivity index (χ3v) is 3.11. The molecule has 0 N–H and O–H groups in total. The summed E-state index contributed by atoms with van der Waals surface area (Å²) in [6.07, 6.45) is 0.649. The predicted octanol–water partition coefficient (Wildman–Crippen LogP) is 4.02. The van der Waals surface area contributed by atoms with Gasteiger partial charge in [0, 0.05) is 11.1 Å². The summed E-state index contributed by atoms with van der Waals surface area (Å²) < 4.78 is 18.7. The molecule has 1 heterocycles. The Labute approximate surface area is 118 Å². The monoisotopic (exact) mass is 299 g/mol. The molecule has 0 saturated heterocycles. The highest BCUT2D eigenvalue weighted by Gasteiger charge is 2.16. The molecule has 6 heteroatoms. The van der Waals surface area contributed by atoms with Crippen molar-refractivity contribution in [2.24, 2.45) is 0 Å². The van der Waals surface area contributed by atoms with E-state index >= 15 is 0 Å². The summed E-state index contributed by atoms with van der Waals surface area (Å²) >= 11 is 11.5. The Balaban J connectivity index is 2.72. The summed E-state index contributed by atoms with van der Waals surface area (Å²) in [5.41, 5.74) is 1.12. The molecule has 2 rings (SSSR count). The molecule has 1 aromatic heterocycles. The molecule has 98 valence electrons. The molecule has 0 aliphatic heterocycles. The zero-order valence-electron chi connectivity index (χ0n) is 9.78. The van der Waals surface area contributed by atoms with Crippen molar-refractivity contribution in [3.8, 4) is 16.9 Å². The molecule has 0 aliphatic rings. The lowest BCUT2D eigenvalue weighted by Crippen LogP contribution is -1.96. The number of aldehydes is 1. The fourth-order valence-corrected chi connectivity index (χ4v) is 2.15. The normalized spacial score (nSPS) is 10.3. The number of hydrogen-bond donors (Lipinski definition) is 0. The van der Waals surface area contributed by atoms with Crippen molar-refractivity contribution >= 4 is 29.5 Å². The van der Waals surface area contributed by atoms with E-state index in [9.17, 15) is 9.18 Å². The van der Waals surface area contributed by atoms with Gasteiger partial charge in [0.25, 0.3) is 0 Å². The standard InChI is InChI=1S/C13H8Cl2FNO2/c1-19-11-7(6-18)3-2-4-8(11)9-5-10(16)13(15)17-12(9)14/h2-6H,1H3. The average Bonchev–Trinajstić information content (AvgIpc) is 2.41. The highest BCUT2D eigenvalue weighted by Crippen LogP contribution is 2.37. The smallest absolute Gasteiger partial charge is 0.166 e. The van der Waals surface area contributed by atoms with Crippen molar-refractivity contribution < 1.29 is 13.9 Å². The van der Waals surface area contributed by atoms with Crippen LogP contribution in [-0.4, -0.2) is 18.4 Å². The molecule has 0 bridgehead atoms. The SMILES string of the molecule is COc1c(C=O)cccc1-c1cc(F)c(Cl)nc1Cl. The van der Waals surface area contributed by atoms with Gasteiger partial charge < -0.3 is 4.74 Å². The predicted molar refractivity (Wildman–Crippen MR) is 71.6 cm³/mol. The maximum absolute atomic E-state index is 13.5. The number of hydrogen-bond acceptors (Lipinski definition) is 3. The van der Waals surface area contributed by atoms with Gasteiger partial charge >= 0.3 is 0 Å². The van der Waals surface area contributed by atoms with Crippen molar-refractivity contribution in [1.29, 1.82) is 0 Å². The number of carbonyl (C=O) groups excluding carboxylic acids is 1. The van der Waals surface area contributed by atoms with Gasteiger partial charge in [-0.2, -0.15) is 0 Å². The van der Waals surface area contributed by atoms with Crippen LogP contribution in [0.3, 0.4) is 0 Å². The van der Waals surface area contributed by atoms with Gasteiger partial charge in [-0.1, -0.05) is 35.3 Å². The molecule has 0 saturated carbocycles. The van der Waals surface area contributed by atoms with Gasteiger partial charge in [-0.25, -0.2) is 9.37 Å². The van der Waals surface area contributed by atoms with Crippen LogP contribution in [0.5, 0.6) is 5.75 Å². The zero-order chi connectivity index (χ0) is 14.0. The third kappa shape index (κ3) is 2.55. The molecule has 0 aliphatic carbocycles. The topological polar surface area (TPSA) is 39.2 Å². The maximum atomic E-state index is 13.5. The Bertz CT molecular complexity index is 647. The molecule has 0 spiro atoms. The molecular formula is C13H8Cl2FNO2. The lowest BCUT2D eigenvalue weighted by molar-refractivity contribution is 0.112. The Morgan fingerprint density at radius 1 is 1.26 bits per heavy atom. The van der Waals surface area contributed by atoms with Gasteiger partial charge in [0.15, 0.2) is 17.3 Å². The van der Waals surface area contributed by atoms with Crippen LogP contribution in [0.2, 0.25) is 10.3 Å². The lowest BCUT2D eigenvalue weighted by atomic mass is 10.0. The van der Waals surface area contributed by atoms with Gasteiger partial charge in [0.2, 0.25) is 0 Å². The number of ether oxygens (including phenoxy) is 1. The van der Waals surface area contributed by atoms with E-state index in [1.807, 2.05) is 0 Å². The molecular weight excluding hydrogens is 292 g/mol. The largest absolute Gasteiger partial charge is 0.495 e. The summed E-state index contributed by atoms with van der Waals surface area (Å²) in [5, 5.41) is -0.271. The summed E-state index contributed by atoms with van der Waals surface area (Å²) in [4.78, 5) is 14.6. The molecule has 3 nitrogen and oxygen atoms in total. The minimum absolute atomic E-state index is 0.0350. The second kappa shape index (κ2) is 5.55. The van der Waals surface area contributed by atoms with Gasteiger partial charge in [-0.05, 0) is 12.1 Å². The first-order valence-electron chi connectivity index (χ1n) is 5.22. The number of pyridine rings is 1. The van der Waals surface area contributed by atoms with Crippen molar-refractivity contribution in [3.63, 3.8) is 0 Å². The molecule has 19 heavy (non-hydrogen) atoms. The lowest BCUT2D eigenvalue weighted by Gasteiger charge is -2.12. The molecule has 0 fully saturated rings. The molecule has 0 unspecified atom stereocenters. The second-order valence-corrected chi connectivity index (χ2v) is 4.36. The number of benzene rings is 1. The van der Waals surface area contributed by atoms with Gasteiger partial charge in [0.05, 0.1) is 12.7 Å². The van der Waals surface area contributed by atoms with E-state index in [1.54, 1.807) is 18.2 Å². The minimum atomic E-state index is -0.695. The molecule has 0 radical (unpaired) electrons. The summed E-state index contributed by atoms with van der Waals surface area (Å²) in [6.45, 7) is 0. The number of aromatic nitrogens is 1. The first-order chi connectivity index (χ1) is 9.08. The van der Waals surface area contributed by atoms with Crippen LogP contribution in [0.25, 0.3) is 11.1 Å². The van der Waals surface area contributed by atoms with E-state index in [1.165, 1.54) is 7.11 Å². The maximum Gasteiger partial charge on any atom is 0.166 e. The summed E-state index contributed by atoms with van der Waals surface area (Å²) in [7, 11) is 1.42. The summed E-state index contributed by atoms with van der Waals surface area (Å²) in [6, 6.07) is 6.04. The molecule has 2 aromatic rings. The number of nitrogens with zero attached hydrogens (tertiary/aromatic N) is 1.